The molecule has 2 aromatic carbocycles. The van der Waals surface area contributed by atoms with Gasteiger partial charge in [0.05, 0.1) is 20.8 Å². The van der Waals surface area contributed by atoms with Crippen LogP contribution >= 0.6 is 0 Å². The molecule has 1 fully saturated rings. The smallest absolute Gasteiger partial charge is 0.430 e. The first kappa shape index (κ1) is 35.8. The van der Waals surface area contributed by atoms with E-state index in [0.717, 1.165) is 4.90 Å². The minimum Gasteiger partial charge on any atom is -0.493 e. The lowest BCUT2D eigenvalue weighted by Crippen LogP contribution is -2.54. The van der Waals surface area contributed by atoms with Crippen LogP contribution in [0.4, 0.5) is 31.1 Å². The molecule has 1 saturated heterocycles. The molecule has 1 aliphatic rings. The number of methoxy groups -OCH3 is 2. The summed E-state index contributed by atoms with van der Waals surface area (Å²) in [6.07, 6.45) is -10.4. The van der Waals surface area contributed by atoms with Gasteiger partial charge in [-0.3, -0.25) is 9.69 Å². The maximum Gasteiger partial charge on any atom is 0.430 e. The number of ether oxygens (including phenoxy) is 3. The number of unbranched alkanes of at least 4 members (excludes halogenated alkanes) is 1. The number of hydrogen-bond acceptors (Lipinski definition) is 6. The molecular formula is C31H38F6N2O6. The molecule has 250 valence electrons. The van der Waals surface area contributed by atoms with E-state index in [-0.39, 0.29) is 42.9 Å². The van der Waals surface area contributed by atoms with Crippen LogP contribution in [-0.2, 0) is 28.8 Å². The number of carbonyl (C=O) groups excluding carboxylic acids is 2. The second-order valence-corrected chi connectivity index (χ2v) is 11.0. The average Bonchev–Trinajstić information content (AvgIpc) is 3.19. The van der Waals surface area contributed by atoms with Crippen LogP contribution in [0.15, 0.2) is 30.3 Å². The minimum atomic E-state index is -6.00. The highest BCUT2D eigenvalue weighted by molar-refractivity contribution is 6.07. The lowest BCUT2D eigenvalue weighted by atomic mass is 9.87. The third-order valence-corrected chi connectivity index (χ3v) is 7.78. The number of aliphatic hydroxyl groups is 1. The van der Waals surface area contributed by atoms with E-state index in [1.807, 2.05) is 0 Å². The summed E-state index contributed by atoms with van der Waals surface area (Å²) in [5, 5.41) is 12.7. The molecule has 14 heteroatoms. The van der Waals surface area contributed by atoms with Gasteiger partial charge in [-0.2, -0.15) is 26.3 Å². The molecular weight excluding hydrogens is 610 g/mol. The number of aryl methyl sites for hydroxylation is 2. The summed E-state index contributed by atoms with van der Waals surface area (Å²) in [5.41, 5.74) is -6.98. The fourth-order valence-electron chi connectivity index (χ4n) is 5.34. The van der Waals surface area contributed by atoms with E-state index in [1.54, 1.807) is 39.0 Å². The van der Waals surface area contributed by atoms with E-state index in [2.05, 4.69) is 5.32 Å². The van der Waals surface area contributed by atoms with Crippen molar-refractivity contribution in [3.63, 3.8) is 0 Å². The van der Waals surface area contributed by atoms with Crippen molar-refractivity contribution in [2.45, 2.75) is 82.8 Å². The zero-order valence-corrected chi connectivity index (χ0v) is 25.7. The number of rotatable bonds is 14. The summed E-state index contributed by atoms with van der Waals surface area (Å²) in [6, 6.07) is 5.70. The van der Waals surface area contributed by atoms with Crippen LogP contribution in [0.3, 0.4) is 0 Å². The van der Waals surface area contributed by atoms with E-state index < -0.39 is 41.0 Å². The van der Waals surface area contributed by atoms with Crippen molar-refractivity contribution in [3.8, 4) is 17.2 Å². The molecule has 1 unspecified atom stereocenters. The Morgan fingerprint density at radius 1 is 0.867 bits per heavy atom. The third-order valence-electron chi connectivity index (χ3n) is 7.78. The van der Waals surface area contributed by atoms with Crippen molar-refractivity contribution in [3.05, 3.63) is 52.6 Å². The fraction of sp³-hybridized carbons (Fsp3) is 0.548. The molecule has 2 aromatic rings. The van der Waals surface area contributed by atoms with Crippen molar-refractivity contribution < 1.29 is 55.2 Å². The van der Waals surface area contributed by atoms with Gasteiger partial charge in [0, 0.05) is 12.1 Å². The maximum absolute atomic E-state index is 13.6. The Bertz CT molecular complexity index is 1340. The van der Waals surface area contributed by atoms with Crippen molar-refractivity contribution in [2.75, 3.05) is 27.4 Å². The molecule has 3 rings (SSSR count). The molecule has 0 radical (unpaired) electrons. The lowest BCUT2D eigenvalue weighted by Gasteiger charge is -2.33. The van der Waals surface area contributed by atoms with E-state index >= 15 is 0 Å². The van der Waals surface area contributed by atoms with Crippen LogP contribution < -0.4 is 19.5 Å². The maximum atomic E-state index is 13.6. The predicted molar refractivity (Wildman–Crippen MR) is 152 cm³/mol. The van der Waals surface area contributed by atoms with Crippen molar-refractivity contribution in [1.29, 1.82) is 0 Å². The zero-order chi connectivity index (χ0) is 33.8. The van der Waals surface area contributed by atoms with Crippen molar-refractivity contribution in [2.24, 2.45) is 0 Å². The van der Waals surface area contributed by atoms with Gasteiger partial charge in [-0.25, -0.2) is 4.79 Å². The normalized spacial score (nSPS) is 17.5. The average molecular weight is 649 g/mol. The fourth-order valence-corrected chi connectivity index (χ4v) is 5.34. The summed E-state index contributed by atoms with van der Waals surface area (Å²) in [5.74, 6) is 0.528. The van der Waals surface area contributed by atoms with Gasteiger partial charge in [-0.05, 0) is 73.6 Å². The number of nitrogens with one attached hydrogen (secondary N) is 1. The Kier molecular flexibility index (Phi) is 10.9. The zero-order valence-electron chi connectivity index (χ0n) is 25.7. The summed E-state index contributed by atoms with van der Waals surface area (Å²) >= 11 is 0. The Morgan fingerprint density at radius 3 is 1.91 bits per heavy atom. The highest BCUT2D eigenvalue weighted by atomic mass is 19.4. The Balaban J connectivity index is 1.76. The van der Waals surface area contributed by atoms with E-state index in [0.29, 0.717) is 54.9 Å². The van der Waals surface area contributed by atoms with Crippen LogP contribution in [0.25, 0.3) is 0 Å². The van der Waals surface area contributed by atoms with Gasteiger partial charge in [0.2, 0.25) is 0 Å². The number of urea groups is 1. The van der Waals surface area contributed by atoms with Gasteiger partial charge in [0.15, 0.2) is 11.5 Å². The number of imide groups is 1. The lowest BCUT2D eigenvalue weighted by molar-refractivity contribution is -0.376. The molecule has 1 aliphatic heterocycles. The van der Waals surface area contributed by atoms with Crippen LogP contribution in [-0.4, -0.2) is 61.7 Å². The van der Waals surface area contributed by atoms with Gasteiger partial charge in [0.1, 0.15) is 11.3 Å². The first-order chi connectivity index (χ1) is 21.0. The van der Waals surface area contributed by atoms with Crippen LogP contribution in [0, 0.1) is 0 Å². The molecule has 0 saturated carbocycles. The number of carbonyl (C=O) groups is 2. The summed E-state index contributed by atoms with van der Waals surface area (Å²) in [4.78, 5) is 27.1. The van der Waals surface area contributed by atoms with Crippen LogP contribution in [0.5, 0.6) is 17.2 Å². The van der Waals surface area contributed by atoms with Crippen molar-refractivity contribution >= 4 is 11.9 Å². The largest absolute Gasteiger partial charge is 0.493 e. The van der Waals surface area contributed by atoms with E-state index in [9.17, 15) is 41.0 Å². The number of amides is 3. The second kappa shape index (κ2) is 13.8. The molecule has 1 atom stereocenters. The van der Waals surface area contributed by atoms with Gasteiger partial charge in [-0.15, -0.1) is 0 Å². The molecule has 3 amide bonds. The van der Waals surface area contributed by atoms with Crippen LogP contribution in [0.1, 0.15) is 68.7 Å². The van der Waals surface area contributed by atoms with Crippen molar-refractivity contribution in [1.82, 2.24) is 10.2 Å². The Hall–Kier alpha value is -3.68. The van der Waals surface area contributed by atoms with Crippen LogP contribution in [0.2, 0.25) is 0 Å². The van der Waals surface area contributed by atoms with Gasteiger partial charge < -0.3 is 24.6 Å². The first-order valence-corrected chi connectivity index (χ1v) is 14.5. The Labute approximate surface area is 257 Å². The molecule has 0 aliphatic carbocycles. The third kappa shape index (κ3) is 6.95. The highest BCUT2D eigenvalue weighted by Gasteiger charge is 2.71. The van der Waals surface area contributed by atoms with E-state index in [1.165, 1.54) is 14.2 Å². The number of nitrogens with zero attached hydrogens (tertiary/aromatic N) is 1. The molecule has 1 heterocycles. The number of benzene rings is 2. The first-order valence-electron chi connectivity index (χ1n) is 14.5. The quantitative estimate of drug-likeness (QED) is 0.137. The molecule has 0 bridgehead atoms. The summed E-state index contributed by atoms with van der Waals surface area (Å²) in [7, 11) is 2.92. The standard InChI is InChI=1S/C31H38F6N2O6/c1-6-10-19-16-22(29(42,30(32,33)34)31(35,36)37)17-20(11-7-2)25(19)45-15-9-8-14-39-26(40)28(3,38-27(39)41)21-12-13-23(43-4)24(18-21)44-5/h12-13,16-18,42H,6-11,14-15H2,1-5H3,(H,38,41). The molecule has 0 aromatic heterocycles. The number of halogens is 6. The second-order valence-electron chi connectivity index (χ2n) is 11.0. The summed E-state index contributed by atoms with van der Waals surface area (Å²) < 4.78 is 98.3. The monoisotopic (exact) mass is 648 g/mol. The molecule has 8 nitrogen and oxygen atoms in total. The highest BCUT2D eigenvalue weighted by Crippen LogP contribution is 2.51. The summed E-state index contributed by atoms with van der Waals surface area (Å²) in [6.45, 7) is 5.06. The van der Waals surface area contributed by atoms with E-state index in [4.69, 9.17) is 14.2 Å². The molecule has 2 N–H and O–H groups in total. The van der Waals surface area contributed by atoms with Gasteiger partial charge in [0.25, 0.3) is 11.5 Å². The molecule has 45 heavy (non-hydrogen) atoms. The number of alkyl halides is 6. The van der Waals surface area contributed by atoms with Gasteiger partial charge in [-0.1, -0.05) is 32.8 Å². The topological polar surface area (TPSA) is 97.3 Å². The number of hydrogen-bond donors (Lipinski definition) is 2. The Morgan fingerprint density at radius 2 is 1.42 bits per heavy atom. The van der Waals surface area contributed by atoms with Gasteiger partial charge >= 0.3 is 18.4 Å². The predicted octanol–water partition coefficient (Wildman–Crippen LogP) is 6.55. The molecule has 0 spiro atoms. The SMILES string of the molecule is CCCc1cc(C(O)(C(F)(F)F)C(F)(F)F)cc(CCC)c1OCCCCN1C(=O)NC(C)(c2ccc(OC)c(OC)c2)C1=O. The minimum absolute atomic E-state index is 0.0200.